The quantitative estimate of drug-likeness (QED) is 0.357. The molecule has 1 aliphatic rings. The minimum Gasteiger partial charge on any atom is -0.493 e. The number of anilines is 1. The highest BCUT2D eigenvalue weighted by Gasteiger charge is 2.21. The lowest BCUT2D eigenvalue weighted by Crippen LogP contribution is -2.47. The van der Waals surface area contributed by atoms with E-state index in [9.17, 15) is 0 Å². The van der Waals surface area contributed by atoms with Crippen molar-refractivity contribution in [1.29, 1.82) is 0 Å². The van der Waals surface area contributed by atoms with Crippen molar-refractivity contribution in [3.05, 3.63) is 76.7 Å². The second-order valence-corrected chi connectivity index (χ2v) is 9.61. The fraction of sp³-hybridized carbons (Fsp3) is 0.357. The molecule has 8 nitrogen and oxygen atoms in total. The first kappa shape index (κ1) is 25.3. The number of halogens is 1. The highest BCUT2D eigenvalue weighted by molar-refractivity contribution is 6.31. The molecular formula is C28H33ClN6O2. The Hall–Kier alpha value is -3.33. The molecule has 3 heterocycles. The molecule has 1 saturated heterocycles. The number of ether oxygens (including phenoxy) is 2. The third-order valence-electron chi connectivity index (χ3n) is 7.09. The van der Waals surface area contributed by atoms with Gasteiger partial charge in [-0.15, -0.1) is 0 Å². The summed E-state index contributed by atoms with van der Waals surface area (Å²) in [6.45, 7) is 5.87. The molecule has 5 rings (SSSR count). The number of fused-ring (bicyclic) bond motifs is 1. The Labute approximate surface area is 222 Å². The molecule has 0 radical (unpaired) electrons. The molecule has 9 heteroatoms. The van der Waals surface area contributed by atoms with Crippen molar-refractivity contribution in [2.75, 3.05) is 51.8 Å². The third-order valence-corrected chi connectivity index (χ3v) is 7.44. The zero-order valence-corrected chi connectivity index (χ0v) is 22.1. The summed E-state index contributed by atoms with van der Waals surface area (Å²) >= 11 is 6.39. The van der Waals surface area contributed by atoms with Crippen molar-refractivity contribution in [3.8, 4) is 11.5 Å². The van der Waals surface area contributed by atoms with Crippen LogP contribution in [0.25, 0.3) is 10.9 Å². The number of benzene rings is 2. The van der Waals surface area contributed by atoms with Crippen LogP contribution in [0.3, 0.4) is 0 Å². The largest absolute Gasteiger partial charge is 0.493 e. The first-order chi connectivity index (χ1) is 18.1. The summed E-state index contributed by atoms with van der Waals surface area (Å²) in [5, 5.41) is 6.87. The van der Waals surface area contributed by atoms with Crippen LogP contribution in [0.2, 0.25) is 5.02 Å². The van der Waals surface area contributed by atoms with E-state index in [0.29, 0.717) is 24.6 Å². The van der Waals surface area contributed by atoms with Crippen LogP contribution in [0, 0.1) is 0 Å². The summed E-state index contributed by atoms with van der Waals surface area (Å²) in [5.74, 6) is 1.41. The maximum Gasteiger partial charge on any atom is 0.162 e. The van der Waals surface area contributed by atoms with Gasteiger partial charge in [-0.25, -0.2) is 0 Å². The van der Waals surface area contributed by atoms with Crippen LogP contribution in [-0.2, 0) is 19.5 Å². The predicted octanol–water partition coefficient (Wildman–Crippen LogP) is 3.97. The van der Waals surface area contributed by atoms with E-state index in [4.69, 9.17) is 31.9 Å². The molecular weight excluding hydrogens is 488 g/mol. The van der Waals surface area contributed by atoms with Crippen LogP contribution in [0.4, 0.5) is 5.69 Å². The van der Waals surface area contributed by atoms with Gasteiger partial charge < -0.3 is 20.1 Å². The smallest absolute Gasteiger partial charge is 0.162 e. The lowest BCUT2D eigenvalue weighted by atomic mass is 10.1. The van der Waals surface area contributed by atoms with Gasteiger partial charge in [-0.1, -0.05) is 17.7 Å². The number of rotatable bonds is 9. The standard InChI is InChI=1S/C28H33ClN6O2/c1-36-27-16-21-24(32-35(26(21)17-28(27)37-2)19-20-6-9-31-10-7-20)8-11-33-12-14-34(15-13-33)25-5-3-4-23(29)22(25)18-30/h3-7,9-10,16-17H,8,11-15,18-19,30H2,1-2H3. The normalized spacial score (nSPS) is 14.3. The number of hydrogen-bond donors (Lipinski definition) is 1. The zero-order valence-electron chi connectivity index (χ0n) is 21.4. The van der Waals surface area contributed by atoms with Crippen molar-refractivity contribution in [3.63, 3.8) is 0 Å². The minimum absolute atomic E-state index is 0.443. The Balaban J connectivity index is 1.32. The molecule has 194 valence electrons. The maximum absolute atomic E-state index is 6.39. The number of nitrogens with two attached hydrogens (primary N) is 1. The molecule has 0 amide bonds. The van der Waals surface area contributed by atoms with Crippen LogP contribution < -0.4 is 20.1 Å². The fourth-order valence-electron chi connectivity index (χ4n) is 5.05. The third kappa shape index (κ3) is 5.37. The molecule has 2 aromatic heterocycles. The molecule has 1 fully saturated rings. The van der Waals surface area contributed by atoms with E-state index in [0.717, 1.165) is 77.6 Å². The van der Waals surface area contributed by atoms with Gasteiger partial charge in [0.2, 0.25) is 0 Å². The summed E-state index contributed by atoms with van der Waals surface area (Å²) in [7, 11) is 3.33. The van der Waals surface area contributed by atoms with E-state index in [1.165, 1.54) is 0 Å². The van der Waals surface area contributed by atoms with Crippen molar-refractivity contribution in [2.45, 2.75) is 19.5 Å². The average molecular weight is 521 g/mol. The second-order valence-electron chi connectivity index (χ2n) is 9.20. The summed E-state index contributed by atoms with van der Waals surface area (Å²) in [6.07, 6.45) is 4.47. The van der Waals surface area contributed by atoms with Gasteiger partial charge >= 0.3 is 0 Å². The van der Waals surface area contributed by atoms with Crippen molar-refractivity contribution in [2.24, 2.45) is 5.73 Å². The number of nitrogens with zero attached hydrogens (tertiary/aromatic N) is 5. The Morgan fingerprint density at radius 1 is 0.973 bits per heavy atom. The van der Waals surface area contributed by atoms with Gasteiger partial charge in [0.1, 0.15) is 0 Å². The molecule has 1 aliphatic heterocycles. The molecule has 0 bridgehead atoms. The Bertz CT molecular complexity index is 1350. The van der Waals surface area contributed by atoms with Gasteiger partial charge in [-0.3, -0.25) is 14.6 Å². The summed E-state index contributed by atoms with van der Waals surface area (Å²) < 4.78 is 13.2. The Kier molecular flexibility index (Phi) is 7.79. The average Bonchev–Trinajstić information content (AvgIpc) is 3.27. The van der Waals surface area contributed by atoms with E-state index in [-0.39, 0.29) is 0 Å². The predicted molar refractivity (Wildman–Crippen MR) is 148 cm³/mol. The number of piperazine rings is 1. The summed E-state index contributed by atoms with van der Waals surface area (Å²) in [4.78, 5) is 9.02. The van der Waals surface area contributed by atoms with Crippen LogP contribution in [0.15, 0.2) is 54.9 Å². The van der Waals surface area contributed by atoms with E-state index >= 15 is 0 Å². The SMILES string of the molecule is COc1cc2c(CCN3CCN(c4cccc(Cl)c4CN)CC3)nn(Cc3ccncc3)c2cc1OC. The lowest BCUT2D eigenvalue weighted by molar-refractivity contribution is 0.260. The van der Waals surface area contributed by atoms with Crippen LogP contribution in [0.1, 0.15) is 16.8 Å². The van der Waals surface area contributed by atoms with Gasteiger partial charge in [-0.05, 0) is 35.9 Å². The van der Waals surface area contributed by atoms with Crippen molar-refractivity contribution < 1.29 is 9.47 Å². The maximum atomic E-state index is 6.39. The molecule has 0 aliphatic carbocycles. The first-order valence-corrected chi connectivity index (χ1v) is 12.9. The molecule has 4 aromatic rings. The molecule has 2 aromatic carbocycles. The van der Waals surface area contributed by atoms with Gasteiger partial charge in [0.25, 0.3) is 0 Å². The highest BCUT2D eigenvalue weighted by Crippen LogP contribution is 2.34. The van der Waals surface area contributed by atoms with E-state index in [2.05, 4.69) is 20.9 Å². The topological polar surface area (TPSA) is 81.7 Å². The van der Waals surface area contributed by atoms with Crippen LogP contribution >= 0.6 is 11.6 Å². The summed E-state index contributed by atoms with van der Waals surface area (Å²) in [6, 6.07) is 14.1. The van der Waals surface area contributed by atoms with Gasteiger partial charge in [-0.2, -0.15) is 5.10 Å². The monoisotopic (exact) mass is 520 g/mol. The van der Waals surface area contributed by atoms with Gasteiger partial charge in [0, 0.05) is 85.8 Å². The molecule has 0 unspecified atom stereocenters. The van der Waals surface area contributed by atoms with Crippen LogP contribution in [-0.4, -0.2) is 66.6 Å². The molecule has 2 N–H and O–H groups in total. The minimum atomic E-state index is 0.443. The van der Waals surface area contributed by atoms with Gasteiger partial charge in [0.15, 0.2) is 11.5 Å². The molecule has 0 saturated carbocycles. The van der Waals surface area contributed by atoms with E-state index < -0.39 is 0 Å². The number of aromatic nitrogens is 3. The van der Waals surface area contributed by atoms with Crippen molar-refractivity contribution >= 4 is 28.2 Å². The highest BCUT2D eigenvalue weighted by atomic mass is 35.5. The van der Waals surface area contributed by atoms with Crippen molar-refractivity contribution in [1.82, 2.24) is 19.7 Å². The Morgan fingerprint density at radius 2 is 1.70 bits per heavy atom. The summed E-state index contributed by atoms with van der Waals surface area (Å²) in [5.41, 5.74) is 11.4. The van der Waals surface area contributed by atoms with E-state index in [1.54, 1.807) is 14.2 Å². The number of pyridine rings is 1. The Morgan fingerprint density at radius 3 is 2.41 bits per heavy atom. The number of hydrogen-bond acceptors (Lipinski definition) is 7. The fourth-order valence-corrected chi connectivity index (χ4v) is 5.30. The lowest BCUT2D eigenvalue weighted by Gasteiger charge is -2.37. The zero-order chi connectivity index (χ0) is 25.8. The number of methoxy groups -OCH3 is 2. The van der Waals surface area contributed by atoms with Crippen LogP contribution in [0.5, 0.6) is 11.5 Å². The molecule has 37 heavy (non-hydrogen) atoms. The van der Waals surface area contributed by atoms with E-state index in [1.807, 2.05) is 53.5 Å². The molecule has 0 atom stereocenters. The second kappa shape index (κ2) is 11.4. The van der Waals surface area contributed by atoms with Gasteiger partial charge in [0.05, 0.1) is 32.0 Å². The molecule has 0 spiro atoms. The first-order valence-electron chi connectivity index (χ1n) is 12.6.